The van der Waals surface area contributed by atoms with Gasteiger partial charge < -0.3 is 10.4 Å². The summed E-state index contributed by atoms with van der Waals surface area (Å²) >= 11 is 0. The van der Waals surface area contributed by atoms with Crippen LogP contribution in [0.25, 0.3) is 0 Å². The lowest BCUT2D eigenvalue weighted by Gasteiger charge is -2.35. The minimum atomic E-state index is 0.0972. The lowest BCUT2D eigenvalue weighted by Crippen LogP contribution is -2.42. The standard InChI is InChI=1S/C9H17NO/c1-2-4-9(8-11)5-3-6-10-7-9/h2,10-11H,1,3-8H2/t9-/m0/s1. The lowest BCUT2D eigenvalue weighted by atomic mass is 9.79. The van der Waals surface area contributed by atoms with Crippen LogP contribution in [0.5, 0.6) is 0 Å². The molecule has 1 heterocycles. The predicted octanol–water partition coefficient (Wildman–Crippen LogP) is 0.925. The first-order chi connectivity index (χ1) is 5.33. The molecule has 1 aliphatic rings. The van der Waals surface area contributed by atoms with Crippen molar-refractivity contribution >= 4 is 0 Å². The van der Waals surface area contributed by atoms with Gasteiger partial charge in [0, 0.05) is 12.0 Å². The quantitative estimate of drug-likeness (QED) is 0.594. The van der Waals surface area contributed by atoms with Gasteiger partial charge in [0.2, 0.25) is 0 Å². The van der Waals surface area contributed by atoms with Crippen molar-refractivity contribution in [3.8, 4) is 0 Å². The topological polar surface area (TPSA) is 32.3 Å². The zero-order valence-corrected chi connectivity index (χ0v) is 6.97. The molecule has 0 aromatic carbocycles. The summed E-state index contributed by atoms with van der Waals surface area (Å²) in [6.45, 7) is 6.03. The molecule has 0 spiro atoms. The van der Waals surface area contributed by atoms with Gasteiger partial charge in [0.25, 0.3) is 0 Å². The molecule has 0 amide bonds. The highest BCUT2D eigenvalue weighted by atomic mass is 16.3. The summed E-state index contributed by atoms with van der Waals surface area (Å²) in [7, 11) is 0. The van der Waals surface area contributed by atoms with E-state index in [0.717, 1.165) is 25.9 Å². The van der Waals surface area contributed by atoms with E-state index in [1.54, 1.807) is 0 Å². The van der Waals surface area contributed by atoms with Gasteiger partial charge in [-0.2, -0.15) is 0 Å². The van der Waals surface area contributed by atoms with E-state index < -0.39 is 0 Å². The maximum absolute atomic E-state index is 9.18. The molecule has 0 radical (unpaired) electrons. The summed E-state index contributed by atoms with van der Waals surface area (Å²) in [5.41, 5.74) is 0.0972. The van der Waals surface area contributed by atoms with Crippen molar-refractivity contribution < 1.29 is 5.11 Å². The second-order valence-electron chi connectivity index (χ2n) is 3.43. The van der Waals surface area contributed by atoms with E-state index in [0.29, 0.717) is 0 Å². The van der Waals surface area contributed by atoms with Crippen molar-refractivity contribution in [1.29, 1.82) is 0 Å². The van der Waals surface area contributed by atoms with Gasteiger partial charge in [-0.15, -0.1) is 6.58 Å². The van der Waals surface area contributed by atoms with Gasteiger partial charge in [0.1, 0.15) is 0 Å². The van der Waals surface area contributed by atoms with Crippen LogP contribution in [0.1, 0.15) is 19.3 Å². The molecule has 2 nitrogen and oxygen atoms in total. The third-order valence-electron chi connectivity index (χ3n) is 2.47. The molecule has 0 aliphatic carbocycles. The summed E-state index contributed by atoms with van der Waals surface area (Å²) in [6, 6.07) is 0. The third-order valence-corrected chi connectivity index (χ3v) is 2.47. The van der Waals surface area contributed by atoms with E-state index in [2.05, 4.69) is 11.9 Å². The van der Waals surface area contributed by atoms with Crippen LogP contribution >= 0.6 is 0 Å². The molecule has 1 rings (SSSR count). The number of nitrogens with one attached hydrogen (secondary N) is 1. The van der Waals surface area contributed by atoms with Gasteiger partial charge in [-0.05, 0) is 25.8 Å². The molecule has 0 bridgehead atoms. The normalized spacial score (nSPS) is 31.7. The molecule has 1 saturated heterocycles. The van der Waals surface area contributed by atoms with Gasteiger partial charge in [0.15, 0.2) is 0 Å². The van der Waals surface area contributed by atoms with Gasteiger partial charge in [-0.25, -0.2) is 0 Å². The van der Waals surface area contributed by atoms with Gasteiger partial charge >= 0.3 is 0 Å². The average molecular weight is 155 g/mol. The van der Waals surface area contributed by atoms with Crippen LogP contribution in [0.15, 0.2) is 12.7 Å². The van der Waals surface area contributed by atoms with E-state index in [9.17, 15) is 5.11 Å². The fraction of sp³-hybridized carbons (Fsp3) is 0.778. The Morgan fingerprint density at radius 3 is 2.91 bits per heavy atom. The minimum Gasteiger partial charge on any atom is -0.396 e. The largest absolute Gasteiger partial charge is 0.396 e. The molecule has 1 atom stereocenters. The lowest BCUT2D eigenvalue weighted by molar-refractivity contribution is 0.0975. The van der Waals surface area contributed by atoms with Crippen LogP contribution < -0.4 is 5.32 Å². The smallest absolute Gasteiger partial charge is 0.0502 e. The first-order valence-corrected chi connectivity index (χ1v) is 4.25. The first kappa shape index (κ1) is 8.75. The fourth-order valence-electron chi connectivity index (χ4n) is 1.71. The van der Waals surface area contributed by atoms with Crippen molar-refractivity contribution in [2.75, 3.05) is 19.7 Å². The molecule has 64 valence electrons. The summed E-state index contributed by atoms with van der Waals surface area (Å²) in [6.07, 6.45) is 5.14. The van der Waals surface area contributed by atoms with Crippen LogP contribution in [-0.2, 0) is 0 Å². The molecule has 0 unspecified atom stereocenters. The van der Waals surface area contributed by atoms with Crippen LogP contribution in [0.2, 0.25) is 0 Å². The van der Waals surface area contributed by atoms with Gasteiger partial charge in [-0.1, -0.05) is 6.08 Å². The van der Waals surface area contributed by atoms with E-state index in [1.807, 2.05) is 6.08 Å². The van der Waals surface area contributed by atoms with E-state index in [4.69, 9.17) is 0 Å². The van der Waals surface area contributed by atoms with E-state index in [-0.39, 0.29) is 12.0 Å². The maximum atomic E-state index is 9.18. The Hall–Kier alpha value is -0.340. The summed E-state index contributed by atoms with van der Waals surface area (Å²) in [5, 5.41) is 12.5. The zero-order chi connectivity index (χ0) is 8.16. The number of piperidine rings is 1. The second-order valence-corrected chi connectivity index (χ2v) is 3.43. The fourth-order valence-corrected chi connectivity index (χ4v) is 1.71. The Kier molecular flexibility index (Phi) is 3.09. The Bertz CT molecular complexity index is 128. The van der Waals surface area contributed by atoms with Crippen molar-refractivity contribution in [3.05, 3.63) is 12.7 Å². The Balaban J connectivity index is 2.49. The summed E-state index contributed by atoms with van der Waals surface area (Å²) < 4.78 is 0. The van der Waals surface area contributed by atoms with E-state index >= 15 is 0 Å². The van der Waals surface area contributed by atoms with Crippen molar-refractivity contribution in [3.63, 3.8) is 0 Å². The molecule has 0 aromatic rings. The van der Waals surface area contributed by atoms with E-state index in [1.165, 1.54) is 6.42 Å². The van der Waals surface area contributed by atoms with Crippen LogP contribution in [-0.4, -0.2) is 24.8 Å². The summed E-state index contributed by atoms with van der Waals surface area (Å²) in [5.74, 6) is 0. The Morgan fingerprint density at radius 1 is 1.64 bits per heavy atom. The number of rotatable bonds is 3. The molecular weight excluding hydrogens is 138 g/mol. The number of allylic oxidation sites excluding steroid dienone is 1. The predicted molar refractivity (Wildman–Crippen MR) is 46.4 cm³/mol. The number of hydrogen-bond donors (Lipinski definition) is 2. The molecule has 1 aliphatic heterocycles. The van der Waals surface area contributed by atoms with Crippen molar-refractivity contribution in [2.45, 2.75) is 19.3 Å². The molecule has 1 fully saturated rings. The number of hydrogen-bond acceptors (Lipinski definition) is 2. The molecule has 11 heavy (non-hydrogen) atoms. The zero-order valence-electron chi connectivity index (χ0n) is 6.97. The van der Waals surface area contributed by atoms with Gasteiger partial charge in [0.05, 0.1) is 6.61 Å². The minimum absolute atomic E-state index is 0.0972. The third kappa shape index (κ3) is 2.04. The highest BCUT2D eigenvalue weighted by Crippen LogP contribution is 2.29. The highest BCUT2D eigenvalue weighted by molar-refractivity contribution is 4.90. The van der Waals surface area contributed by atoms with Crippen molar-refractivity contribution in [2.24, 2.45) is 5.41 Å². The van der Waals surface area contributed by atoms with Crippen molar-refractivity contribution in [1.82, 2.24) is 5.32 Å². The van der Waals surface area contributed by atoms with Gasteiger partial charge in [-0.3, -0.25) is 0 Å². The number of aliphatic hydroxyl groups excluding tert-OH is 1. The van der Waals surface area contributed by atoms with Crippen LogP contribution in [0, 0.1) is 5.41 Å². The molecule has 0 saturated carbocycles. The number of aliphatic hydroxyl groups is 1. The van der Waals surface area contributed by atoms with Crippen LogP contribution in [0.3, 0.4) is 0 Å². The SMILES string of the molecule is C=CC[C@]1(CO)CCCNC1. The monoisotopic (exact) mass is 155 g/mol. The maximum Gasteiger partial charge on any atom is 0.0502 e. The summed E-state index contributed by atoms with van der Waals surface area (Å²) in [4.78, 5) is 0. The second kappa shape index (κ2) is 3.88. The first-order valence-electron chi connectivity index (χ1n) is 4.25. The molecule has 0 aromatic heterocycles. The Labute approximate surface area is 68.3 Å². The highest BCUT2D eigenvalue weighted by Gasteiger charge is 2.29. The average Bonchev–Trinajstić information content (AvgIpc) is 2.07. The molecule has 2 N–H and O–H groups in total. The molecular formula is C9H17NO. The Morgan fingerprint density at radius 2 is 2.45 bits per heavy atom. The van der Waals surface area contributed by atoms with Crippen LogP contribution in [0.4, 0.5) is 0 Å². The molecule has 2 heteroatoms.